The number of nitrogens with zero attached hydrogens (tertiary/aromatic N) is 2. The summed E-state index contributed by atoms with van der Waals surface area (Å²) in [5, 5.41) is 17.4. The van der Waals surface area contributed by atoms with E-state index in [-0.39, 0.29) is 12.1 Å². The quantitative estimate of drug-likeness (QED) is 0.768. The van der Waals surface area contributed by atoms with Crippen LogP contribution in [0, 0.1) is 0 Å². The Bertz CT molecular complexity index is 862. The van der Waals surface area contributed by atoms with E-state index in [9.17, 15) is 5.11 Å². The van der Waals surface area contributed by atoms with Gasteiger partial charge in [0.1, 0.15) is 5.75 Å². The predicted molar refractivity (Wildman–Crippen MR) is 88.8 cm³/mol. The van der Waals surface area contributed by atoms with Gasteiger partial charge in [-0.2, -0.15) is 4.98 Å². The van der Waals surface area contributed by atoms with Crippen molar-refractivity contribution in [3.8, 4) is 17.1 Å². The molecule has 0 spiro atoms. The highest BCUT2D eigenvalue weighted by atomic mass is 16.5. The molecule has 2 N–H and O–H groups in total. The number of anilines is 1. The van der Waals surface area contributed by atoms with Crippen molar-refractivity contribution in [2.24, 2.45) is 0 Å². The maximum Gasteiger partial charge on any atom is 0.322 e. The molecule has 0 saturated carbocycles. The molecule has 0 aliphatic heterocycles. The zero-order chi connectivity index (χ0) is 16.5. The number of methoxy groups -OCH3 is 1. The number of aliphatic hydroxyl groups is 1. The third kappa shape index (κ3) is 2.61. The highest BCUT2D eigenvalue weighted by molar-refractivity contribution is 5.58. The van der Waals surface area contributed by atoms with Crippen molar-refractivity contribution in [2.45, 2.75) is 18.6 Å². The fraction of sp³-hybridized carbons (Fsp3) is 0.222. The van der Waals surface area contributed by atoms with E-state index >= 15 is 0 Å². The Morgan fingerprint density at radius 2 is 2.08 bits per heavy atom. The van der Waals surface area contributed by atoms with Crippen molar-refractivity contribution >= 4 is 6.01 Å². The van der Waals surface area contributed by atoms with Gasteiger partial charge in [-0.1, -0.05) is 41.6 Å². The van der Waals surface area contributed by atoms with Crippen LogP contribution in [0.1, 0.15) is 17.2 Å². The Hall–Kier alpha value is -2.86. The summed E-state index contributed by atoms with van der Waals surface area (Å²) >= 11 is 0. The normalized spacial score (nSPS) is 19.1. The third-order valence-corrected chi connectivity index (χ3v) is 4.24. The summed E-state index contributed by atoms with van der Waals surface area (Å²) in [7, 11) is 1.61. The smallest absolute Gasteiger partial charge is 0.322 e. The first kappa shape index (κ1) is 14.7. The zero-order valence-electron chi connectivity index (χ0n) is 13.1. The summed E-state index contributed by atoms with van der Waals surface area (Å²) in [5.41, 5.74) is 3.00. The van der Waals surface area contributed by atoms with E-state index in [0.29, 0.717) is 12.2 Å². The average molecular weight is 323 g/mol. The highest BCUT2D eigenvalue weighted by Crippen LogP contribution is 2.34. The van der Waals surface area contributed by atoms with E-state index < -0.39 is 6.10 Å². The Morgan fingerprint density at radius 1 is 1.21 bits per heavy atom. The summed E-state index contributed by atoms with van der Waals surface area (Å²) < 4.78 is 10.5. The lowest BCUT2D eigenvalue weighted by atomic mass is 10.1. The summed E-state index contributed by atoms with van der Waals surface area (Å²) in [6.07, 6.45) is 0.0969. The van der Waals surface area contributed by atoms with Gasteiger partial charge in [-0.3, -0.25) is 0 Å². The van der Waals surface area contributed by atoms with Crippen molar-refractivity contribution in [3.05, 3.63) is 59.7 Å². The minimum atomic E-state index is -0.519. The first-order valence-electron chi connectivity index (χ1n) is 7.75. The van der Waals surface area contributed by atoms with E-state index in [2.05, 4.69) is 15.5 Å². The highest BCUT2D eigenvalue weighted by Gasteiger charge is 2.31. The van der Waals surface area contributed by atoms with Crippen LogP contribution in [0.3, 0.4) is 0 Å². The Balaban J connectivity index is 1.57. The number of fused-ring (bicyclic) bond motifs is 1. The largest absolute Gasteiger partial charge is 0.497 e. The van der Waals surface area contributed by atoms with Crippen molar-refractivity contribution in [2.75, 3.05) is 12.4 Å². The number of aromatic nitrogens is 2. The van der Waals surface area contributed by atoms with Crippen LogP contribution in [-0.2, 0) is 6.42 Å². The fourth-order valence-electron chi connectivity index (χ4n) is 3.04. The number of hydrogen-bond acceptors (Lipinski definition) is 6. The van der Waals surface area contributed by atoms with Crippen molar-refractivity contribution < 1.29 is 14.4 Å². The molecule has 24 heavy (non-hydrogen) atoms. The lowest BCUT2D eigenvalue weighted by Gasteiger charge is -2.15. The number of rotatable bonds is 4. The van der Waals surface area contributed by atoms with Crippen molar-refractivity contribution in [1.82, 2.24) is 10.1 Å². The maximum absolute atomic E-state index is 10.3. The van der Waals surface area contributed by atoms with Gasteiger partial charge in [-0.15, -0.1) is 0 Å². The topological polar surface area (TPSA) is 80.4 Å². The van der Waals surface area contributed by atoms with Crippen LogP contribution in [0.5, 0.6) is 5.75 Å². The predicted octanol–water partition coefficient (Wildman–Crippen LogP) is 2.82. The standard InChI is InChI=1S/C18H17N3O3/c1-23-13-7-4-6-12(9-13)17-20-18(24-21-17)19-16-14-8-3-2-5-11(14)10-15(16)22/h2-9,15-16,22H,10H2,1H3,(H,19,20,21)/t15-,16+/m1/s1. The van der Waals surface area contributed by atoms with Gasteiger partial charge < -0.3 is 19.7 Å². The fourth-order valence-corrected chi connectivity index (χ4v) is 3.04. The van der Waals surface area contributed by atoms with Gasteiger partial charge in [-0.05, 0) is 23.3 Å². The second-order valence-electron chi connectivity index (χ2n) is 5.75. The van der Waals surface area contributed by atoms with Gasteiger partial charge in [0.05, 0.1) is 19.3 Å². The van der Waals surface area contributed by atoms with Crippen LogP contribution in [0.4, 0.5) is 6.01 Å². The van der Waals surface area contributed by atoms with Gasteiger partial charge in [0.15, 0.2) is 0 Å². The molecule has 122 valence electrons. The molecule has 1 aliphatic carbocycles. The van der Waals surface area contributed by atoms with Crippen LogP contribution in [0.2, 0.25) is 0 Å². The average Bonchev–Trinajstić information content (AvgIpc) is 3.20. The van der Waals surface area contributed by atoms with Gasteiger partial charge in [0.2, 0.25) is 5.82 Å². The first-order valence-corrected chi connectivity index (χ1v) is 7.75. The van der Waals surface area contributed by atoms with Crippen LogP contribution in [0.15, 0.2) is 53.1 Å². The van der Waals surface area contributed by atoms with Crippen molar-refractivity contribution in [1.29, 1.82) is 0 Å². The molecular weight excluding hydrogens is 306 g/mol. The van der Waals surface area contributed by atoms with Crippen molar-refractivity contribution in [3.63, 3.8) is 0 Å². The second-order valence-corrected chi connectivity index (χ2v) is 5.75. The van der Waals surface area contributed by atoms with Crippen LogP contribution >= 0.6 is 0 Å². The van der Waals surface area contributed by atoms with Crippen LogP contribution in [-0.4, -0.2) is 28.5 Å². The molecular formula is C18H17N3O3. The maximum atomic E-state index is 10.3. The molecule has 1 aliphatic rings. The lowest BCUT2D eigenvalue weighted by Crippen LogP contribution is -2.21. The van der Waals surface area contributed by atoms with Gasteiger partial charge in [0, 0.05) is 12.0 Å². The molecule has 0 unspecified atom stereocenters. The minimum absolute atomic E-state index is 0.250. The van der Waals surface area contributed by atoms with E-state index in [4.69, 9.17) is 9.26 Å². The SMILES string of the molecule is COc1cccc(-c2noc(N[C@H]3c4ccccc4C[C@H]3O)n2)c1. The minimum Gasteiger partial charge on any atom is -0.497 e. The van der Waals surface area contributed by atoms with E-state index in [1.54, 1.807) is 7.11 Å². The first-order chi connectivity index (χ1) is 11.7. The van der Waals surface area contributed by atoms with Crippen LogP contribution < -0.4 is 10.1 Å². The summed E-state index contributed by atoms with van der Waals surface area (Å²) in [5.74, 6) is 1.20. The number of hydrogen-bond donors (Lipinski definition) is 2. The number of benzene rings is 2. The monoisotopic (exact) mass is 323 g/mol. The molecule has 6 heteroatoms. The molecule has 0 fully saturated rings. The molecule has 1 heterocycles. The molecule has 3 aromatic rings. The molecule has 1 aromatic heterocycles. The Morgan fingerprint density at radius 3 is 2.96 bits per heavy atom. The van der Waals surface area contributed by atoms with Gasteiger partial charge in [-0.25, -0.2) is 0 Å². The molecule has 6 nitrogen and oxygen atoms in total. The Kier molecular flexibility index (Phi) is 3.66. The van der Waals surface area contributed by atoms with E-state index in [1.165, 1.54) is 0 Å². The second kappa shape index (κ2) is 5.98. The molecule has 2 aromatic carbocycles. The molecule has 0 radical (unpaired) electrons. The van der Waals surface area contributed by atoms with Crippen LogP contribution in [0.25, 0.3) is 11.4 Å². The molecule has 0 saturated heterocycles. The number of aliphatic hydroxyl groups excluding tert-OH is 1. The molecule has 0 bridgehead atoms. The summed E-state index contributed by atoms with van der Waals surface area (Å²) in [6.45, 7) is 0. The molecule has 2 atom stereocenters. The van der Waals surface area contributed by atoms with E-state index in [1.807, 2.05) is 48.5 Å². The summed E-state index contributed by atoms with van der Waals surface area (Å²) in [6, 6.07) is 15.4. The van der Waals surface area contributed by atoms with Gasteiger partial charge in [0.25, 0.3) is 0 Å². The number of ether oxygens (including phenoxy) is 1. The molecule has 4 rings (SSSR count). The third-order valence-electron chi connectivity index (χ3n) is 4.24. The Labute approximate surface area is 139 Å². The van der Waals surface area contributed by atoms with Gasteiger partial charge >= 0.3 is 6.01 Å². The zero-order valence-corrected chi connectivity index (χ0v) is 13.1. The lowest BCUT2D eigenvalue weighted by molar-refractivity contribution is 0.164. The molecule has 0 amide bonds. The van der Waals surface area contributed by atoms with E-state index in [0.717, 1.165) is 22.4 Å². The summed E-state index contributed by atoms with van der Waals surface area (Å²) in [4.78, 5) is 4.37. The number of nitrogens with one attached hydrogen (secondary N) is 1.